The molecule has 0 aliphatic heterocycles. The Kier molecular flexibility index (Phi) is 13.1. The van der Waals surface area contributed by atoms with Gasteiger partial charge in [0.05, 0.1) is 17.8 Å². The van der Waals surface area contributed by atoms with E-state index in [2.05, 4.69) is 23.7 Å². The van der Waals surface area contributed by atoms with Crippen molar-refractivity contribution >= 4 is 44.6 Å². The molecule has 2 amide bonds. The molecule has 1 aromatic carbocycles. The fourth-order valence-electron chi connectivity index (χ4n) is 4.07. The predicted octanol–water partition coefficient (Wildman–Crippen LogP) is 3.48. The first-order valence-electron chi connectivity index (χ1n) is 12.6. The Balaban J connectivity index is 2.11. The number of hydrogen-bond acceptors (Lipinski definition) is 8. The van der Waals surface area contributed by atoms with Crippen LogP contribution in [0.5, 0.6) is 0 Å². The molecule has 2 aromatic rings. The lowest BCUT2D eigenvalue weighted by Crippen LogP contribution is -2.40. The van der Waals surface area contributed by atoms with Crippen molar-refractivity contribution < 1.29 is 42.9 Å². The average Bonchev–Trinajstić information content (AvgIpc) is 2.87. The SMILES string of the molecule is CCN(CC)CCCC(C)N(C(=O)OCCCC(=O)NC(P(O)O)P(=O)(O)O)c1ccnc2cc(F)ccc12. The summed E-state index contributed by atoms with van der Waals surface area (Å²) in [4.78, 5) is 70.0. The summed E-state index contributed by atoms with van der Waals surface area (Å²) in [6.07, 6.45) is 2.04. The van der Waals surface area contributed by atoms with Gasteiger partial charge in [-0.1, -0.05) is 13.8 Å². The zero-order chi connectivity index (χ0) is 29.2. The third kappa shape index (κ3) is 10.0. The number of fused-ring (bicyclic) bond motifs is 1. The first kappa shape index (κ1) is 33.0. The number of nitrogens with zero attached hydrogens (tertiary/aromatic N) is 3. The highest BCUT2D eigenvalue weighted by molar-refractivity contribution is 7.67. The van der Waals surface area contributed by atoms with Gasteiger partial charge in [-0.2, -0.15) is 0 Å². The molecule has 0 saturated heterocycles. The molecule has 0 aliphatic carbocycles. The van der Waals surface area contributed by atoms with Crippen LogP contribution in [0.25, 0.3) is 10.9 Å². The average molecular weight is 591 g/mol. The summed E-state index contributed by atoms with van der Waals surface area (Å²) in [6.45, 7) is 8.56. The summed E-state index contributed by atoms with van der Waals surface area (Å²) in [5.74, 6) is -1.29. The molecule has 5 N–H and O–H groups in total. The van der Waals surface area contributed by atoms with Crippen LogP contribution in [0, 0.1) is 5.82 Å². The minimum atomic E-state index is -4.97. The second-order valence-corrected chi connectivity index (χ2v) is 12.2. The first-order valence-corrected chi connectivity index (χ1v) is 15.6. The molecule has 218 valence electrons. The first-order chi connectivity index (χ1) is 18.4. The van der Waals surface area contributed by atoms with E-state index in [0.29, 0.717) is 23.0 Å². The second-order valence-electron chi connectivity index (χ2n) is 8.95. The van der Waals surface area contributed by atoms with E-state index in [1.165, 1.54) is 23.2 Å². The minimum Gasteiger partial charge on any atom is -0.449 e. The molecule has 15 heteroatoms. The van der Waals surface area contributed by atoms with Crippen LogP contribution in [-0.2, 0) is 14.1 Å². The van der Waals surface area contributed by atoms with Crippen molar-refractivity contribution in [3.05, 3.63) is 36.3 Å². The summed E-state index contributed by atoms with van der Waals surface area (Å²) < 4.78 is 30.6. The zero-order valence-corrected chi connectivity index (χ0v) is 24.0. The van der Waals surface area contributed by atoms with Crippen LogP contribution < -0.4 is 10.2 Å². The zero-order valence-electron chi connectivity index (χ0n) is 22.2. The van der Waals surface area contributed by atoms with Crippen molar-refractivity contribution in [1.82, 2.24) is 15.2 Å². The minimum absolute atomic E-state index is 0.0206. The third-order valence-corrected chi connectivity index (χ3v) is 9.03. The number of pyridine rings is 1. The van der Waals surface area contributed by atoms with Crippen molar-refractivity contribution in [2.24, 2.45) is 0 Å². The van der Waals surface area contributed by atoms with E-state index in [0.717, 1.165) is 26.1 Å². The molecule has 0 bridgehead atoms. The van der Waals surface area contributed by atoms with Crippen LogP contribution in [0.15, 0.2) is 30.5 Å². The summed E-state index contributed by atoms with van der Waals surface area (Å²) in [7, 11) is -8.07. The fourth-order valence-corrected chi connectivity index (χ4v) is 5.71. The predicted molar refractivity (Wildman–Crippen MR) is 147 cm³/mol. The van der Waals surface area contributed by atoms with E-state index < -0.39 is 39.3 Å². The van der Waals surface area contributed by atoms with Gasteiger partial charge in [-0.25, -0.2) is 9.18 Å². The van der Waals surface area contributed by atoms with Crippen molar-refractivity contribution in [1.29, 1.82) is 0 Å². The van der Waals surface area contributed by atoms with Gasteiger partial charge >= 0.3 is 13.7 Å². The molecule has 2 unspecified atom stereocenters. The summed E-state index contributed by atoms with van der Waals surface area (Å²) in [5.41, 5.74) is -1.22. The van der Waals surface area contributed by atoms with E-state index >= 15 is 0 Å². The van der Waals surface area contributed by atoms with Gasteiger partial charge in [0.1, 0.15) is 5.82 Å². The number of carbonyl (C=O) groups excluding carboxylic acids is 2. The smallest absolute Gasteiger partial charge is 0.414 e. The quantitative estimate of drug-likeness (QED) is 0.153. The maximum absolute atomic E-state index is 13.8. The standard InChI is InChI=1S/C24H37FN4O8P2/c1-4-28(5-2)14-6-8-17(3)29(21-12-13-26-20-16-18(25)10-11-19(20)21)24(31)37-15-7-9-22(30)27-23(38(32)33)39(34,35)36/h10-13,16-17,23,32-33H,4-9,14-15H2,1-3H3,(H,27,30)(H2,34,35,36). The van der Waals surface area contributed by atoms with Gasteiger partial charge < -0.3 is 34.5 Å². The Labute approximate surface area is 228 Å². The molecule has 2 rings (SSSR count). The van der Waals surface area contributed by atoms with Gasteiger partial charge in [0.15, 0.2) is 0 Å². The number of aromatic nitrogens is 1. The van der Waals surface area contributed by atoms with E-state index in [4.69, 9.17) is 14.5 Å². The molecular weight excluding hydrogens is 553 g/mol. The second kappa shape index (κ2) is 15.5. The molecule has 1 heterocycles. The lowest BCUT2D eigenvalue weighted by molar-refractivity contribution is -0.121. The number of carbonyl (C=O) groups is 2. The van der Waals surface area contributed by atoms with E-state index in [1.54, 1.807) is 12.1 Å². The van der Waals surface area contributed by atoms with Gasteiger partial charge in [0.2, 0.25) is 19.8 Å². The van der Waals surface area contributed by atoms with Gasteiger partial charge in [-0.15, -0.1) is 0 Å². The highest BCUT2D eigenvalue weighted by Crippen LogP contribution is 2.53. The molecule has 0 fully saturated rings. The highest BCUT2D eigenvalue weighted by atomic mass is 31.2. The van der Waals surface area contributed by atoms with Crippen LogP contribution in [-0.4, -0.2) is 79.3 Å². The van der Waals surface area contributed by atoms with Crippen LogP contribution in [0.3, 0.4) is 0 Å². The molecule has 2 atom stereocenters. The highest BCUT2D eigenvalue weighted by Gasteiger charge is 2.37. The number of hydrogen-bond donors (Lipinski definition) is 5. The Morgan fingerprint density at radius 2 is 1.87 bits per heavy atom. The molecule has 0 saturated carbocycles. The summed E-state index contributed by atoms with van der Waals surface area (Å²) in [5, 5.41) is 2.48. The Morgan fingerprint density at radius 3 is 2.49 bits per heavy atom. The van der Waals surface area contributed by atoms with E-state index in [9.17, 15) is 28.3 Å². The van der Waals surface area contributed by atoms with Crippen molar-refractivity contribution in [2.75, 3.05) is 31.1 Å². The van der Waals surface area contributed by atoms with Gasteiger partial charge in [-0.05, 0) is 64.0 Å². The monoisotopic (exact) mass is 590 g/mol. The number of amides is 2. The number of anilines is 1. The van der Waals surface area contributed by atoms with Gasteiger partial charge in [-0.3, -0.25) is 19.2 Å². The number of nitrogens with one attached hydrogen (secondary N) is 1. The lowest BCUT2D eigenvalue weighted by Gasteiger charge is -2.30. The molecule has 0 aliphatic rings. The van der Waals surface area contributed by atoms with Crippen molar-refractivity contribution in [2.45, 2.75) is 58.0 Å². The van der Waals surface area contributed by atoms with Crippen molar-refractivity contribution in [3.8, 4) is 0 Å². The van der Waals surface area contributed by atoms with E-state index in [1.807, 2.05) is 12.2 Å². The third-order valence-electron chi connectivity index (χ3n) is 6.17. The molecular formula is C24H37FN4O8P2. The van der Waals surface area contributed by atoms with Gasteiger partial charge in [0, 0.05) is 30.1 Å². The summed E-state index contributed by atoms with van der Waals surface area (Å²) in [6, 6.07) is 5.48. The lowest BCUT2D eigenvalue weighted by atomic mass is 10.1. The van der Waals surface area contributed by atoms with Crippen molar-refractivity contribution in [3.63, 3.8) is 0 Å². The number of halogens is 1. The maximum Gasteiger partial charge on any atom is 0.414 e. The number of rotatable bonds is 15. The maximum atomic E-state index is 13.8. The van der Waals surface area contributed by atoms with Gasteiger partial charge in [0.25, 0.3) is 0 Å². The van der Waals surface area contributed by atoms with Crippen LogP contribution in [0.2, 0.25) is 0 Å². The van der Waals surface area contributed by atoms with E-state index in [-0.39, 0.29) is 25.5 Å². The topological polar surface area (TPSA) is 173 Å². The number of ether oxygens (including phenoxy) is 1. The molecule has 12 nitrogen and oxygen atoms in total. The largest absolute Gasteiger partial charge is 0.449 e. The molecule has 39 heavy (non-hydrogen) atoms. The molecule has 0 spiro atoms. The van der Waals surface area contributed by atoms with Crippen LogP contribution in [0.1, 0.15) is 46.5 Å². The number of benzene rings is 1. The molecule has 1 aromatic heterocycles. The molecule has 0 radical (unpaired) electrons. The Morgan fingerprint density at radius 1 is 1.18 bits per heavy atom. The fraction of sp³-hybridized carbons (Fsp3) is 0.542. The summed E-state index contributed by atoms with van der Waals surface area (Å²) >= 11 is 0. The van der Waals surface area contributed by atoms with Crippen LogP contribution in [0.4, 0.5) is 14.9 Å². The Hall–Kier alpha value is -2.24. The van der Waals surface area contributed by atoms with Crippen LogP contribution >= 0.6 is 16.0 Å². The normalized spacial score (nSPS) is 13.5. The Bertz CT molecular complexity index is 1150.